The summed E-state index contributed by atoms with van der Waals surface area (Å²) in [5.74, 6) is -1.25. The number of halogens is 3. The molecule has 0 aliphatic heterocycles. The van der Waals surface area contributed by atoms with E-state index in [1.807, 2.05) is 0 Å². The molecule has 0 atom stereocenters. The van der Waals surface area contributed by atoms with E-state index in [0.717, 1.165) is 24.4 Å². The van der Waals surface area contributed by atoms with Crippen LogP contribution in [0.15, 0.2) is 16.6 Å². The Bertz CT molecular complexity index is 620. The number of hydrogen-bond donors (Lipinski definition) is 1. The van der Waals surface area contributed by atoms with Gasteiger partial charge in [-0.2, -0.15) is 0 Å². The molecule has 0 spiro atoms. The minimum Gasteiger partial charge on any atom is -0.314 e. The highest BCUT2D eigenvalue weighted by Gasteiger charge is 2.20. The maximum absolute atomic E-state index is 13.9. The van der Waals surface area contributed by atoms with Gasteiger partial charge in [0.05, 0.1) is 5.56 Å². The largest absolute Gasteiger partial charge is 0.314 e. The number of aromatic nitrogens is 2. The highest BCUT2D eigenvalue weighted by atomic mass is 79.9. The Labute approximate surface area is 133 Å². The molecule has 1 aliphatic rings. The van der Waals surface area contributed by atoms with E-state index in [0.29, 0.717) is 15.5 Å². The molecular formula is C14H14BrF2N3S. The Morgan fingerprint density at radius 3 is 2.62 bits per heavy atom. The van der Waals surface area contributed by atoms with Crippen molar-refractivity contribution in [3.8, 4) is 10.6 Å². The van der Waals surface area contributed by atoms with Crippen LogP contribution in [0.4, 0.5) is 8.78 Å². The first-order valence-corrected chi connectivity index (χ1v) is 8.45. The summed E-state index contributed by atoms with van der Waals surface area (Å²) in [4.78, 5) is 0. The van der Waals surface area contributed by atoms with Gasteiger partial charge in [-0.05, 0) is 37.9 Å². The Morgan fingerprint density at radius 2 is 1.95 bits per heavy atom. The predicted molar refractivity (Wildman–Crippen MR) is 82.3 cm³/mol. The summed E-state index contributed by atoms with van der Waals surface area (Å²) in [5.41, 5.74) is -0.0990. The molecular weight excluding hydrogens is 360 g/mol. The smallest absolute Gasteiger partial charge is 0.153 e. The van der Waals surface area contributed by atoms with Crippen LogP contribution in [0.2, 0.25) is 0 Å². The Morgan fingerprint density at radius 1 is 1.24 bits per heavy atom. The van der Waals surface area contributed by atoms with Crippen molar-refractivity contribution in [2.75, 3.05) is 6.54 Å². The fourth-order valence-corrected chi connectivity index (χ4v) is 3.37. The van der Waals surface area contributed by atoms with Crippen LogP contribution in [0.1, 0.15) is 24.3 Å². The standard InChI is InChI=1S/C14H14BrF2N3S/c15-8-6-10(16)13(11(17)7-8)14-20-19-12(21-14)2-1-5-18-9-3-4-9/h6-7,9,18H,1-5H2. The van der Waals surface area contributed by atoms with Gasteiger partial charge in [-0.25, -0.2) is 8.78 Å². The molecule has 1 N–H and O–H groups in total. The number of aryl methyl sites for hydroxylation is 1. The lowest BCUT2D eigenvalue weighted by atomic mass is 10.2. The van der Waals surface area contributed by atoms with Crippen LogP contribution in [-0.2, 0) is 6.42 Å². The van der Waals surface area contributed by atoms with E-state index in [1.165, 1.54) is 36.3 Å². The average Bonchev–Trinajstić information content (AvgIpc) is 3.13. The molecule has 0 radical (unpaired) electrons. The summed E-state index contributed by atoms with van der Waals surface area (Å²) in [6.07, 6.45) is 4.27. The second-order valence-electron chi connectivity index (χ2n) is 5.08. The zero-order valence-electron chi connectivity index (χ0n) is 11.2. The first-order valence-electron chi connectivity index (χ1n) is 6.84. The topological polar surface area (TPSA) is 37.8 Å². The van der Waals surface area contributed by atoms with Gasteiger partial charge in [0.1, 0.15) is 16.6 Å². The fraction of sp³-hybridized carbons (Fsp3) is 0.429. The number of nitrogens with zero attached hydrogens (tertiary/aromatic N) is 2. The molecule has 0 unspecified atom stereocenters. The minimum absolute atomic E-state index is 0.0990. The maximum atomic E-state index is 13.9. The molecule has 2 aromatic rings. The van der Waals surface area contributed by atoms with Gasteiger partial charge in [0.25, 0.3) is 0 Å². The molecule has 3 nitrogen and oxygen atoms in total. The summed E-state index contributed by atoms with van der Waals surface area (Å²) >= 11 is 4.31. The van der Waals surface area contributed by atoms with Crippen molar-refractivity contribution in [1.29, 1.82) is 0 Å². The first-order chi connectivity index (χ1) is 10.1. The Balaban J connectivity index is 1.66. The molecule has 1 saturated carbocycles. The van der Waals surface area contributed by atoms with Gasteiger partial charge in [0.15, 0.2) is 5.01 Å². The van der Waals surface area contributed by atoms with Crippen molar-refractivity contribution in [2.24, 2.45) is 0 Å². The third kappa shape index (κ3) is 3.84. The Hall–Kier alpha value is -0.920. The van der Waals surface area contributed by atoms with Crippen molar-refractivity contribution >= 4 is 27.3 Å². The summed E-state index contributed by atoms with van der Waals surface area (Å²) in [5, 5.41) is 12.5. The summed E-state index contributed by atoms with van der Waals surface area (Å²) in [6, 6.07) is 3.17. The van der Waals surface area contributed by atoms with E-state index >= 15 is 0 Å². The molecule has 1 fully saturated rings. The van der Waals surface area contributed by atoms with Gasteiger partial charge in [0.2, 0.25) is 0 Å². The van der Waals surface area contributed by atoms with Crippen LogP contribution in [-0.4, -0.2) is 22.8 Å². The third-order valence-electron chi connectivity index (χ3n) is 3.27. The van der Waals surface area contributed by atoms with Crippen molar-refractivity contribution < 1.29 is 8.78 Å². The van der Waals surface area contributed by atoms with Crippen molar-refractivity contribution in [1.82, 2.24) is 15.5 Å². The van der Waals surface area contributed by atoms with Gasteiger partial charge < -0.3 is 5.32 Å². The van der Waals surface area contributed by atoms with Gasteiger partial charge in [-0.1, -0.05) is 27.3 Å². The van der Waals surface area contributed by atoms with E-state index in [9.17, 15) is 8.78 Å². The lowest BCUT2D eigenvalue weighted by Crippen LogP contribution is -2.17. The average molecular weight is 374 g/mol. The fourth-order valence-electron chi connectivity index (χ4n) is 2.04. The van der Waals surface area contributed by atoms with Crippen molar-refractivity contribution in [3.63, 3.8) is 0 Å². The highest BCUT2D eigenvalue weighted by Crippen LogP contribution is 2.31. The molecule has 0 saturated heterocycles. The third-order valence-corrected chi connectivity index (χ3v) is 4.72. The predicted octanol–water partition coefficient (Wildman–Crippen LogP) is 3.93. The normalized spacial score (nSPS) is 14.6. The van der Waals surface area contributed by atoms with E-state index in [2.05, 4.69) is 31.4 Å². The number of rotatable bonds is 6. The molecule has 0 bridgehead atoms. The molecule has 1 aliphatic carbocycles. The quantitative estimate of drug-likeness (QED) is 0.779. The van der Waals surface area contributed by atoms with E-state index in [4.69, 9.17) is 0 Å². The summed E-state index contributed by atoms with van der Waals surface area (Å²) in [6.45, 7) is 0.945. The lowest BCUT2D eigenvalue weighted by Gasteiger charge is -2.01. The molecule has 112 valence electrons. The molecule has 21 heavy (non-hydrogen) atoms. The second kappa shape index (κ2) is 6.46. The van der Waals surface area contributed by atoms with Crippen LogP contribution >= 0.6 is 27.3 Å². The first kappa shape index (κ1) is 15.0. The van der Waals surface area contributed by atoms with Crippen LogP contribution in [0.25, 0.3) is 10.6 Å². The van der Waals surface area contributed by atoms with E-state index < -0.39 is 11.6 Å². The zero-order chi connectivity index (χ0) is 14.8. The van der Waals surface area contributed by atoms with Crippen LogP contribution in [0.3, 0.4) is 0 Å². The van der Waals surface area contributed by atoms with Gasteiger partial charge in [-0.15, -0.1) is 10.2 Å². The van der Waals surface area contributed by atoms with Crippen LogP contribution < -0.4 is 5.32 Å². The molecule has 1 aromatic carbocycles. The number of benzene rings is 1. The van der Waals surface area contributed by atoms with Crippen molar-refractivity contribution in [3.05, 3.63) is 33.2 Å². The minimum atomic E-state index is -0.625. The lowest BCUT2D eigenvalue weighted by molar-refractivity contribution is 0.587. The summed E-state index contributed by atoms with van der Waals surface area (Å²) < 4.78 is 28.1. The number of hydrogen-bond acceptors (Lipinski definition) is 4. The highest BCUT2D eigenvalue weighted by molar-refractivity contribution is 9.10. The van der Waals surface area contributed by atoms with Gasteiger partial charge >= 0.3 is 0 Å². The van der Waals surface area contributed by atoms with Gasteiger partial charge in [0, 0.05) is 16.9 Å². The maximum Gasteiger partial charge on any atom is 0.153 e. The van der Waals surface area contributed by atoms with E-state index in [1.54, 1.807) is 0 Å². The molecule has 7 heteroatoms. The summed E-state index contributed by atoms with van der Waals surface area (Å²) in [7, 11) is 0. The molecule has 1 heterocycles. The molecule has 1 aromatic heterocycles. The van der Waals surface area contributed by atoms with Crippen molar-refractivity contribution in [2.45, 2.75) is 31.7 Å². The monoisotopic (exact) mass is 373 g/mol. The van der Waals surface area contributed by atoms with E-state index in [-0.39, 0.29) is 5.56 Å². The molecule has 0 amide bonds. The second-order valence-corrected chi connectivity index (χ2v) is 7.06. The zero-order valence-corrected chi connectivity index (χ0v) is 13.6. The Kier molecular flexibility index (Phi) is 4.61. The molecule has 3 rings (SSSR count). The van der Waals surface area contributed by atoms with Crippen LogP contribution in [0, 0.1) is 11.6 Å². The van der Waals surface area contributed by atoms with Crippen LogP contribution in [0.5, 0.6) is 0 Å². The number of nitrogens with one attached hydrogen (secondary N) is 1. The van der Waals surface area contributed by atoms with Gasteiger partial charge in [-0.3, -0.25) is 0 Å². The SMILES string of the molecule is Fc1cc(Br)cc(F)c1-c1nnc(CCCNC2CC2)s1.